The zero-order chi connectivity index (χ0) is 16.2. The molecule has 1 unspecified atom stereocenters. The Kier molecular flexibility index (Phi) is 5.09. The first-order chi connectivity index (χ1) is 11.1. The van der Waals surface area contributed by atoms with Crippen LogP contribution in [0.25, 0.3) is 11.0 Å². The monoisotopic (exact) mass is 316 g/mol. The van der Waals surface area contributed by atoms with Gasteiger partial charge in [0.2, 0.25) is 0 Å². The predicted octanol–water partition coefficient (Wildman–Crippen LogP) is 4.60. The molecule has 0 radical (unpaired) electrons. The van der Waals surface area contributed by atoms with E-state index in [0.717, 1.165) is 24.7 Å². The van der Waals surface area contributed by atoms with Gasteiger partial charge in [0, 0.05) is 0 Å². The van der Waals surface area contributed by atoms with Crippen molar-refractivity contribution < 1.29 is 4.39 Å². The van der Waals surface area contributed by atoms with Crippen LogP contribution in [0.4, 0.5) is 4.39 Å². The molecular weight excluding hydrogens is 291 g/mol. The number of benzene rings is 1. The maximum atomic E-state index is 13.2. The molecule has 0 bridgehead atoms. The van der Waals surface area contributed by atoms with Crippen molar-refractivity contribution in [2.45, 2.75) is 58.3 Å². The van der Waals surface area contributed by atoms with Crippen LogP contribution in [0, 0.1) is 17.7 Å². The minimum Gasteiger partial charge on any atom is -0.319 e. The normalized spacial score (nSPS) is 21.1. The lowest BCUT2D eigenvalue weighted by Gasteiger charge is -2.14. The molecule has 0 saturated heterocycles. The Hall–Kier alpha value is -1.71. The van der Waals surface area contributed by atoms with Crippen molar-refractivity contribution in [1.29, 1.82) is 0 Å². The van der Waals surface area contributed by atoms with Crippen LogP contribution in [0.15, 0.2) is 23.0 Å². The van der Waals surface area contributed by atoms with Crippen LogP contribution in [-0.2, 0) is 6.42 Å². The van der Waals surface area contributed by atoms with E-state index in [1.807, 2.05) is 0 Å². The summed E-state index contributed by atoms with van der Waals surface area (Å²) in [6.45, 7) is 2.37. The number of nitrogens with one attached hydrogen (secondary N) is 1. The molecule has 1 aliphatic carbocycles. The van der Waals surface area contributed by atoms with Gasteiger partial charge in [0.05, 0.1) is 11.0 Å². The van der Waals surface area contributed by atoms with Crippen LogP contribution in [0.2, 0.25) is 0 Å². The summed E-state index contributed by atoms with van der Waals surface area (Å²) in [6.07, 6.45) is 9.57. The molecule has 1 fully saturated rings. The Balaban J connectivity index is 1.52. The van der Waals surface area contributed by atoms with Gasteiger partial charge in [-0.15, -0.1) is 0 Å². The Morgan fingerprint density at radius 2 is 2.13 bits per heavy atom. The molecular formula is C19H25FN2O. The van der Waals surface area contributed by atoms with Crippen molar-refractivity contribution in [3.8, 4) is 0 Å². The second kappa shape index (κ2) is 7.24. The van der Waals surface area contributed by atoms with E-state index in [0.29, 0.717) is 23.1 Å². The molecule has 2 aromatic rings. The summed E-state index contributed by atoms with van der Waals surface area (Å²) in [4.78, 5) is 19.1. The van der Waals surface area contributed by atoms with Crippen molar-refractivity contribution in [3.63, 3.8) is 0 Å². The maximum absolute atomic E-state index is 13.2. The third-order valence-electron chi connectivity index (χ3n) is 5.25. The van der Waals surface area contributed by atoms with Gasteiger partial charge in [0.15, 0.2) is 0 Å². The molecule has 1 aromatic heterocycles. The number of fused-ring (bicyclic) bond motifs is 1. The van der Waals surface area contributed by atoms with Gasteiger partial charge in [0.1, 0.15) is 11.5 Å². The van der Waals surface area contributed by atoms with Crippen molar-refractivity contribution in [3.05, 3.63) is 40.1 Å². The molecule has 0 aliphatic heterocycles. The summed E-state index contributed by atoms with van der Waals surface area (Å²) >= 11 is 0. The van der Waals surface area contributed by atoms with Crippen molar-refractivity contribution in [1.82, 2.24) is 9.97 Å². The second-order valence-corrected chi connectivity index (χ2v) is 6.94. The number of H-pyrrole nitrogens is 1. The van der Waals surface area contributed by atoms with Gasteiger partial charge in [0.25, 0.3) is 5.56 Å². The zero-order valence-corrected chi connectivity index (χ0v) is 13.8. The van der Waals surface area contributed by atoms with Crippen LogP contribution in [0.3, 0.4) is 0 Å². The highest BCUT2D eigenvalue weighted by atomic mass is 19.1. The van der Waals surface area contributed by atoms with Crippen molar-refractivity contribution in [2.24, 2.45) is 11.8 Å². The molecule has 1 heterocycles. The number of aryl methyl sites for hydroxylation is 1. The lowest BCUT2D eigenvalue weighted by Crippen LogP contribution is -2.15. The highest BCUT2D eigenvalue weighted by Gasteiger charge is 2.22. The van der Waals surface area contributed by atoms with Gasteiger partial charge in [-0.1, -0.05) is 45.4 Å². The molecule has 23 heavy (non-hydrogen) atoms. The van der Waals surface area contributed by atoms with E-state index in [4.69, 9.17) is 0 Å². The van der Waals surface area contributed by atoms with Gasteiger partial charge < -0.3 is 4.98 Å². The number of unbranched alkanes of at least 4 members (excludes halogenated alkanes) is 2. The predicted molar refractivity (Wildman–Crippen MR) is 91.0 cm³/mol. The highest BCUT2D eigenvalue weighted by molar-refractivity contribution is 5.73. The topological polar surface area (TPSA) is 45.8 Å². The van der Waals surface area contributed by atoms with E-state index in [1.54, 1.807) is 6.07 Å². The molecule has 4 heteroatoms. The third-order valence-corrected chi connectivity index (χ3v) is 5.25. The fourth-order valence-electron chi connectivity index (χ4n) is 3.79. The Morgan fingerprint density at radius 1 is 1.26 bits per heavy atom. The lowest BCUT2D eigenvalue weighted by atomic mass is 9.92. The minimum absolute atomic E-state index is 0.187. The number of aromatic amines is 1. The Morgan fingerprint density at radius 3 is 2.91 bits per heavy atom. The number of hydrogen-bond acceptors (Lipinski definition) is 2. The van der Waals surface area contributed by atoms with E-state index in [1.165, 1.54) is 44.2 Å². The second-order valence-electron chi connectivity index (χ2n) is 6.94. The average Bonchev–Trinajstić information content (AvgIpc) is 2.93. The van der Waals surface area contributed by atoms with Crippen LogP contribution in [0.1, 0.15) is 57.6 Å². The van der Waals surface area contributed by atoms with Crippen molar-refractivity contribution in [2.75, 3.05) is 0 Å². The lowest BCUT2D eigenvalue weighted by molar-refractivity contribution is 0.375. The van der Waals surface area contributed by atoms with Crippen LogP contribution < -0.4 is 5.56 Å². The number of aromatic nitrogens is 2. The van der Waals surface area contributed by atoms with E-state index < -0.39 is 0 Å². The standard InChI is InChI=1S/C19H25FN2O/c1-13-6-5-8-14(13)7-3-2-4-9-17-19(23)22-18-12-15(20)10-11-16(18)21-17/h10-14H,2-9H2,1H3,(H,22,23)/t13?,14-/m1/s1. The average molecular weight is 316 g/mol. The fourth-order valence-corrected chi connectivity index (χ4v) is 3.79. The van der Waals surface area contributed by atoms with E-state index in [9.17, 15) is 9.18 Å². The first-order valence-electron chi connectivity index (χ1n) is 8.82. The highest BCUT2D eigenvalue weighted by Crippen LogP contribution is 2.34. The number of halogens is 1. The van der Waals surface area contributed by atoms with Gasteiger partial charge >= 0.3 is 0 Å². The molecule has 1 N–H and O–H groups in total. The molecule has 124 valence electrons. The number of nitrogens with zero attached hydrogens (tertiary/aromatic N) is 1. The molecule has 1 saturated carbocycles. The molecule has 1 aliphatic rings. The summed E-state index contributed by atoms with van der Waals surface area (Å²) in [7, 11) is 0. The number of rotatable bonds is 6. The molecule has 0 spiro atoms. The smallest absolute Gasteiger partial charge is 0.270 e. The molecule has 3 nitrogen and oxygen atoms in total. The van der Waals surface area contributed by atoms with Gasteiger partial charge in [-0.3, -0.25) is 4.79 Å². The summed E-state index contributed by atoms with van der Waals surface area (Å²) in [5.41, 5.74) is 1.50. The molecule has 1 aromatic carbocycles. The van der Waals surface area contributed by atoms with Gasteiger partial charge in [-0.05, 0) is 42.9 Å². The summed E-state index contributed by atoms with van der Waals surface area (Å²) in [5, 5.41) is 0. The maximum Gasteiger partial charge on any atom is 0.270 e. The Labute approximate surface area is 136 Å². The quantitative estimate of drug-likeness (QED) is 0.792. The molecule has 3 rings (SSSR count). The van der Waals surface area contributed by atoms with Gasteiger partial charge in [-0.25, -0.2) is 9.37 Å². The van der Waals surface area contributed by atoms with E-state index in [-0.39, 0.29) is 11.4 Å². The van der Waals surface area contributed by atoms with Crippen LogP contribution in [0.5, 0.6) is 0 Å². The summed E-state index contributed by atoms with van der Waals surface area (Å²) < 4.78 is 13.2. The van der Waals surface area contributed by atoms with Crippen LogP contribution >= 0.6 is 0 Å². The molecule has 0 amide bonds. The fraction of sp³-hybridized carbons (Fsp3) is 0.579. The van der Waals surface area contributed by atoms with E-state index in [2.05, 4.69) is 16.9 Å². The first kappa shape index (κ1) is 16.2. The third kappa shape index (κ3) is 3.98. The SMILES string of the molecule is CC1CCC[C@H]1CCCCCc1nc2ccc(F)cc2[nH]c1=O. The van der Waals surface area contributed by atoms with Gasteiger partial charge in [-0.2, -0.15) is 0 Å². The van der Waals surface area contributed by atoms with E-state index >= 15 is 0 Å². The zero-order valence-electron chi connectivity index (χ0n) is 13.8. The largest absolute Gasteiger partial charge is 0.319 e. The first-order valence-corrected chi connectivity index (χ1v) is 8.82. The van der Waals surface area contributed by atoms with Crippen molar-refractivity contribution >= 4 is 11.0 Å². The Bertz CT molecular complexity index is 725. The number of hydrogen-bond donors (Lipinski definition) is 1. The molecule has 2 atom stereocenters. The summed E-state index contributed by atoms with van der Waals surface area (Å²) in [5.74, 6) is 1.44. The summed E-state index contributed by atoms with van der Waals surface area (Å²) in [6, 6.07) is 4.31. The van der Waals surface area contributed by atoms with Crippen LogP contribution in [-0.4, -0.2) is 9.97 Å². The minimum atomic E-state index is -0.358.